The van der Waals surface area contributed by atoms with Gasteiger partial charge in [0.2, 0.25) is 0 Å². The minimum atomic E-state index is -1.10. The van der Waals surface area contributed by atoms with Crippen molar-refractivity contribution < 1.29 is 14.3 Å². The van der Waals surface area contributed by atoms with E-state index >= 15 is 0 Å². The second-order valence-corrected chi connectivity index (χ2v) is 5.93. The molecule has 7 heteroatoms. The van der Waals surface area contributed by atoms with Crippen molar-refractivity contribution in [3.8, 4) is 0 Å². The molecule has 0 radical (unpaired) electrons. The molecule has 6 nitrogen and oxygen atoms in total. The van der Waals surface area contributed by atoms with E-state index in [1.165, 1.54) is 12.1 Å². The summed E-state index contributed by atoms with van der Waals surface area (Å²) in [4.78, 5) is 12.2. The summed E-state index contributed by atoms with van der Waals surface area (Å²) in [5.74, 6) is -0.874. The number of carbonyl (C=O) groups is 1. The molecule has 0 spiro atoms. The quantitative estimate of drug-likeness (QED) is 0.773. The minimum Gasteiger partial charge on any atom is -0.386 e. The van der Waals surface area contributed by atoms with E-state index in [1.54, 1.807) is 29.1 Å². The van der Waals surface area contributed by atoms with Crippen molar-refractivity contribution in [3.05, 3.63) is 53.6 Å². The lowest BCUT2D eigenvalue weighted by Crippen LogP contribution is -2.32. The van der Waals surface area contributed by atoms with E-state index in [0.29, 0.717) is 5.69 Å². The summed E-state index contributed by atoms with van der Waals surface area (Å²) in [6, 6.07) is 7.88. The molecule has 2 aromatic rings. The van der Waals surface area contributed by atoms with Crippen LogP contribution >= 0.6 is 0 Å². The number of hydrogen-bond donors (Lipinski definition) is 3. The highest BCUT2D eigenvalue weighted by molar-refractivity contribution is 5.92. The third-order valence-corrected chi connectivity index (χ3v) is 4.21. The zero-order valence-corrected chi connectivity index (χ0v) is 13.3. The Morgan fingerprint density at radius 3 is 3.04 bits per heavy atom. The molecule has 0 aliphatic carbocycles. The number of hydrogen-bond acceptors (Lipinski definition) is 4. The number of aromatic nitrogens is 2. The first-order valence-electron chi connectivity index (χ1n) is 8.11. The van der Waals surface area contributed by atoms with Crippen molar-refractivity contribution >= 4 is 5.91 Å². The number of benzene rings is 1. The second kappa shape index (κ2) is 7.55. The van der Waals surface area contributed by atoms with Crippen LogP contribution < -0.4 is 10.6 Å². The molecule has 2 atom stereocenters. The van der Waals surface area contributed by atoms with Gasteiger partial charge in [-0.05, 0) is 31.5 Å². The summed E-state index contributed by atoms with van der Waals surface area (Å²) < 4.78 is 15.4. The second-order valence-electron chi connectivity index (χ2n) is 5.93. The number of aliphatic hydroxyl groups is 1. The fraction of sp³-hybridized carbons (Fsp3) is 0.412. The van der Waals surface area contributed by atoms with Crippen molar-refractivity contribution in [1.29, 1.82) is 0 Å². The summed E-state index contributed by atoms with van der Waals surface area (Å²) in [5, 5.41) is 20.2. The van der Waals surface area contributed by atoms with Gasteiger partial charge < -0.3 is 15.7 Å². The van der Waals surface area contributed by atoms with Crippen LogP contribution in [0.25, 0.3) is 0 Å². The normalized spacial score (nSPS) is 19.0. The van der Waals surface area contributed by atoms with Gasteiger partial charge in [-0.25, -0.2) is 4.39 Å². The molecule has 2 unspecified atom stereocenters. The molecule has 1 aliphatic heterocycles. The molecule has 3 N–H and O–H groups in total. The number of nitrogens with zero attached hydrogens (tertiary/aromatic N) is 2. The Bertz CT molecular complexity index is 697. The molecule has 1 aliphatic rings. The maximum atomic E-state index is 13.6. The van der Waals surface area contributed by atoms with Crippen LogP contribution in [-0.2, 0) is 0 Å². The van der Waals surface area contributed by atoms with Crippen molar-refractivity contribution in [1.82, 2.24) is 20.4 Å². The van der Waals surface area contributed by atoms with Crippen LogP contribution in [0.15, 0.2) is 36.5 Å². The number of carbonyl (C=O) groups excluding carboxylic acids is 1. The van der Waals surface area contributed by atoms with Crippen LogP contribution in [-0.4, -0.2) is 40.4 Å². The fourth-order valence-corrected chi connectivity index (χ4v) is 2.86. The van der Waals surface area contributed by atoms with Crippen molar-refractivity contribution in [2.45, 2.75) is 25.0 Å². The SMILES string of the molecule is O=C(NCC(O)c1ccccc1F)c1ccn(C2CCCNC2)n1. The summed E-state index contributed by atoms with van der Waals surface area (Å²) in [5.41, 5.74) is 0.456. The third-order valence-electron chi connectivity index (χ3n) is 4.21. The van der Waals surface area contributed by atoms with Gasteiger partial charge in [0.05, 0.1) is 12.1 Å². The molecule has 128 valence electrons. The standard InChI is InChI=1S/C17H21FN4O2/c18-14-6-2-1-5-13(14)16(23)11-20-17(24)15-7-9-22(21-15)12-4-3-8-19-10-12/h1-2,5-7,9,12,16,19,23H,3-4,8,10-11H2,(H,20,24). The molecule has 2 heterocycles. The van der Waals surface area contributed by atoms with E-state index in [2.05, 4.69) is 15.7 Å². The highest BCUT2D eigenvalue weighted by Gasteiger charge is 2.19. The molecule has 1 amide bonds. The minimum absolute atomic E-state index is 0.0718. The third kappa shape index (κ3) is 3.80. The molecule has 3 rings (SSSR count). The van der Waals surface area contributed by atoms with Crippen LogP contribution in [0.4, 0.5) is 4.39 Å². The lowest BCUT2D eigenvalue weighted by molar-refractivity contribution is 0.0908. The number of rotatable bonds is 5. The van der Waals surface area contributed by atoms with Gasteiger partial charge >= 0.3 is 0 Å². The lowest BCUT2D eigenvalue weighted by Gasteiger charge is -2.22. The lowest BCUT2D eigenvalue weighted by atomic mass is 10.1. The van der Waals surface area contributed by atoms with Gasteiger partial charge in [-0.1, -0.05) is 18.2 Å². The Hall–Kier alpha value is -2.25. The van der Waals surface area contributed by atoms with Crippen LogP contribution in [0.2, 0.25) is 0 Å². The van der Waals surface area contributed by atoms with Crippen LogP contribution in [0.1, 0.15) is 41.0 Å². The largest absolute Gasteiger partial charge is 0.386 e. The molecule has 1 fully saturated rings. The molecule has 24 heavy (non-hydrogen) atoms. The number of amides is 1. The summed E-state index contributed by atoms with van der Waals surface area (Å²) >= 11 is 0. The van der Waals surface area contributed by atoms with E-state index < -0.39 is 11.9 Å². The molecule has 0 bridgehead atoms. The summed E-state index contributed by atoms with van der Waals surface area (Å²) in [6.45, 7) is 1.78. The van der Waals surface area contributed by atoms with Crippen molar-refractivity contribution in [2.75, 3.05) is 19.6 Å². The zero-order valence-electron chi connectivity index (χ0n) is 13.3. The van der Waals surface area contributed by atoms with Gasteiger partial charge in [0.25, 0.3) is 5.91 Å². The van der Waals surface area contributed by atoms with Gasteiger partial charge in [-0.3, -0.25) is 9.48 Å². The first-order valence-corrected chi connectivity index (χ1v) is 8.11. The Kier molecular flexibility index (Phi) is 5.22. The van der Waals surface area contributed by atoms with Gasteiger partial charge in [-0.2, -0.15) is 5.10 Å². The monoisotopic (exact) mass is 332 g/mol. The van der Waals surface area contributed by atoms with E-state index in [4.69, 9.17) is 0 Å². The Morgan fingerprint density at radius 1 is 1.46 bits per heavy atom. The van der Waals surface area contributed by atoms with Crippen LogP contribution in [0, 0.1) is 5.82 Å². The summed E-state index contributed by atoms with van der Waals surface area (Å²) in [7, 11) is 0. The van der Waals surface area contributed by atoms with Gasteiger partial charge in [0, 0.05) is 24.8 Å². The average Bonchev–Trinajstić information content (AvgIpc) is 3.11. The van der Waals surface area contributed by atoms with E-state index in [-0.39, 0.29) is 24.1 Å². The highest BCUT2D eigenvalue weighted by atomic mass is 19.1. The molecule has 1 saturated heterocycles. The molecule has 1 aromatic heterocycles. The highest BCUT2D eigenvalue weighted by Crippen LogP contribution is 2.17. The van der Waals surface area contributed by atoms with Gasteiger partial charge in [-0.15, -0.1) is 0 Å². The molecular weight excluding hydrogens is 311 g/mol. The number of halogens is 1. The van der Waals surface area contributed by atoms with Crippen molar-refractivity contribution in [3.63, 3.8) is 0 Å². The zero-order chi connectivity index (χ0) is 16.9. The Labute approximate surface area is 139 Å². The smallest absolute Gasteiger partial charge is 0.271 e. The number of piperidine rings is 1. The predicted molar refractivity (Wildman–Crippen MR) is 87.1 cm³/mol. The van der Waals surface area contributed by atoms with E-state index in [0.717, 1.165) is 25.9 Å². The van der Waals surface area contributed by atoms with Crippen LogP contribution in [0.3, 0.4) is 0 Å². The van der Waals surface area contributed by atoms with E-state index in [9.17, 15) is 14.3 Å². The number of aliphatic hydroxyl groups excluding tert-OH is 1. The summed E-state index contributed by atoms with van der Waals surface area (Å²) in [6.07, 6.45) is 2.81. The fourth-order valence-electron chi connectivity index (χ4n) is 2.86. The van der Waals surface area contributed by atoms with Crippen molar-refractivity contribution in [2.24, 2.45) is 0 Å². The number of nitrogens with one attached hydrogen (secondary N) is 2. The topological polar surface area (TPSA) is 79.2 Å². The van der Waals surface area contributed by atoms with E-state index in [1.807, 2.05) is 0 Å². The maximum Gasteiger partial charge on any atom is 0.271 e. The first-order chi connectivity index (χ1) is 11.6. The predicted octanol–water partition coefficient (Wildman–Crippen LogP) is 1.41. The van der Waals surface area contributed by atoms with Crippen LogP contribution in [0.5, 0.6) is 0 Å². The van der Waals surface area contributed by atoms with Gasteiger partial charge in [0.15, 0.2) is 0 Å². The Morgan fingerprint density at radius 2 is 2.29 bits per heavy atom. The molecule has 0 saturated carbocycles. The molecular formula is C17H21FN4O2. The Balaban J connectivity index is 1.57. The molecule has 1 aromatic carbocycles. The first kappa shape index (κ1) is 16.6. The maximum absolute atomic E-state index is 13.6. The van der Waals surface area contributed by atoms with Gasteiger partial charge in [0.1, 0.15) is 11.5 Å². The average molecular weight is 332 g/mol.